The molecule has 1 unspecified atom stereocenters. The summed E-state index contributed by atoms with van der Waals surface area (Å²) in [6.45, 7) is 0.682. The molecule has 0 bridgehead atoms. The number of nitrogens with one attached hydrogen (secondary N) is 1. The highest BCUT2D eigenvalue weighted by atomic mass is 32.2. The maximum Gasteiger partial charge on any atom is 0.325 e. The number of hydrogen-bond acceptors (Lipinski definition) is 6. The number of benzene rings is 1. The molecule has 2 fully saturated rings. The molecule has 2 aliphatic heterocycles. The first kappa shape index (κ1) is 19.3. The maximum atomic E-state index is 12.7. The van der Waals surface area contributed by atoms with Gasteiger partial charge in [-0.05, 0) is 18.6 Å². The molecule has 0 aromatic heterocycles. The molecular weight excluding hydrogens is 374 g/mol. The van der Waals surface area contributed by atoms with Gasteiger partial charge in [0.25, 0.3) is 0 Å². The molecule has 0 saturated carbocycles. The number of sulfone groups is 1. The average Bonchev–Trinajstić information content (AvgIpc) is 3.16. The lowest BCUT2D eigenvalue weighted by Gasteiger charge is -2.21. The van der Waals surface area contributed by atoms with Gasteiger partial charge < -0.3 is 19.7 Å². The van der Waals surface area contributed by atoms with E-state index >= 15 is 0 Å². The molecule has 0 spiro atoms. The van der Waals surface area contributed by atoms with Crippen LogP contribution in [-0.4, -0.2) is 76.7 Å². The molecule has 27 heavy (non-hydrogen) atoms. The number of carbonyl (C=O) groups is 2. The number of urea groups is 1. The van der Waals surface area contributed by atoms with Gasteiger partial charge in [-0.25, -0.2) is 13.2 Å². The molecule has 3 rings (SSSR count). The largest absolute Gasteiger partial charge is 0.497 e. The van der Waals surface area contributed by atoms with E-state index in [1.54, 1.807) is 18.2 Å². The Hall–Kier alpha value is -2.49. The Kier molecular flexibility index (Phi) is 5.45. The van der Waals surface area contributed by atoms with E-state index in [0.29, 0.717) is 36.7 Å². The quantitative estimate of drug-likeness (QED) is 0.738. The van der Waals surface area contributed by atoms with E-state index in [4.69, 9.17) is 9.47 Å². The molecule has 2 heterocycles. The second-order valence-corrected chi connectivity index (χ2v) is 8.79. The number of methoxy groups -OCH3 is 2. The molecule has 2 aliphatic rings. The number of ether oxygens (including phenoxy) is 2. The second-order valence-electron chi connectivity index (χ2n) is 6.56. The summed E-state index contributed by atoms with van der Waals surface area (Å²) in [5.74, 6) is 0.817. The van der Waals surface area contributed by atoms with Gasteiger partial charge in [-0.15, -0.1) is 0 Å². The van der Waals surface area contributed by atoms with Gasteiger partial charge in [0.15, 0.2) is 9.84 Å². The highest BCUT2D eigenvalue weighted by Gasteiger charge is 2.34. The number of nitrogens with zero attached hydrogens (tertiary/aromatic N) is 2. The zero-order valence-corrected chi connectivity index (χ0v) is 16.1. The standard InChI is InChI=1S/C17H23N3O6S/c1-25-13-3-4-15(26-2)14(9-13)20-7-6-19(17(20)22)10-16(21)18-12-5-8-27(23,24)11-12/h3-4,9,12H,5-8,10-11H2,1-2H3,(H,18,21). The Labute approximate surface area is 158 Å². The van der Waals surface area contributed by atoms with Crippen molar-refractivity contribution < 1.29 is 27.5 Å². The molecular formula is C17H23N3O6S. The fraction of sp³-hybridized carbons (Fsp3) is 0.529. The lowest BCUT2D eigenvalue weighted by Crippen LogP contribution is -2.44. The SMILES string of the molecule is COc1ccc(OC)c(N2CCN(CC(=O)NC3CCS(=O)(=O)C3)C2=O)c1. The number of anilines is 1. The van der Waals surface area contributed by atoms with Crippen LogP contribution in [0.5, 0.6) is 11.5 Å². The van der Waals surface area contributed by atoms with Crippen LogP contribution in [-0.2, 0) is 14.6 Å². The first-order chi connectivity index (χ1) is 12.8. The minimum absolute atomic E-state index is 0.0418. The van der Waals surface area contributed by atoms with Crippen molar-refractivity contribution in [2.24, 2.45) is 0 Å². The van der Waals surface area contributed by atoms with Gasteiger partial charge in [-0.3, -0.25) is 9.69 Å². The maximum absolute atomic E-state index is 12.7. The van der Waals surface area contributed by atoms with Crippen molar-refractivity contribution in [1.29, 1.82) is 0 Å². The van der Waals surface area contributed by atoms with Crippen molar-refractivity contribution in [2.75, 3.05) is 50.3 Å². The first-order valence-electron chi connectivity index (χ1n) is 8.61. The van der Waals surface area contributed by atoms with Crippen molar-refractivity contribution in [3.63, 3.8) is 0 Å². The third-order valence-corrected chi connectivity index (χ3v) is 6.47. The van der Waals surface area contributed by atoms with Crippen LogP contribution in [0.25, 0.3) is 0 Å². The molecule has 0 radical (unpaired) electrons. The molecule has 1 N–H and O–H groups in total. The van der Waals surface area contributed by atoms with Crippen LogP contribution in [0.15, 0.2) is 18.2 Å². The minimum atomic E-state index is -3.07. The van der Waals surface area contributed by atoms with Crippen LogP contribution in [0.1, 0.15) is 6.42 Å². The Balaban J connectivity index is 1.64. The molecule has 1 atom stereocenters. The van der Waals surface area contributed by atoms with E-state index < -0.39 is 9.84 Å². The average molecular weight is 397 g/mol. The van der Waals surface area contributed by atoms with Crippen LogP contribution in [0, 0.1) is 0 Å². The van der Waals surface area contributed by atoms with E-state index in [1.165, 1.54) is 24.0 Å². The summed E-state index contributed by atoms with van der Waals surface area (Å²) < 4.78 is 33.5. The Morgan fingerprint density at radius 2 is 2.04 bits per heavy atom. The van der Waals surface area contributed by atoms with Crippen molar-refractivity contribution in [2.45, 2.75) is 12.5 Å². The number of rotatable bonds is 6. The topological polar surface area (TPSA) is 105 Å². The summed E-state index contributed by atoms with van der Waals surface area (Å²) in [5, 5.41) is 2.70. The van der Waals surface area contributed by atoms with Gasteiger partial charge in [-0.1, -0.05) is 0 Å². The van der Waals surface area contributed by atoms with Gasteiger partial charge >= 0.3 is 6.03 Å². The van der Waals surface area contributed by atoms with Gasteiger partial charge in [0.1, 0.15) is 18.0 Å². The minimum Gasteiger partial charge on any atom is -0.497 e. The Morgan fingerprint density at radius 3 is 2.67 bits per heavy atom. The molecule has 1 aromatic carbocycles. The summed E-state index contributed by atoms with van der Waals surface area (Å²) in [4.78, 5) is 27.9. The zero-order chi connectivity index (χ0) is 19.6. The van der Waals surface area contributed by atoms with Crippen LogP contribution in [0.4, 0.5) is 10.5 Å². The smallest absolute Gasteiger partial charge is 0.325 e. The Morgan fingerprint density at radius 1 is 1.26 bits per heavy atom. The zero-order valence-electron chi connectivity index (χ0n) is 15.3. The fourth-order valence-electron chi connectivity index (χ4n) is 3.32. The van der Waals surface area contributed by atoms with Crippen molar-refractivity contribution in [3.05, 3.63) is 18.2 Å². The van der Waals surface area contributed by atoms with Crippen LogP contribution < -0.4 is 19.7 Å². The molecule has 2 saturated heterocycles. The first-order valence-corrected chi connectivity index (χ1v) is 10.4. The third kappa shape index (κ3) is 4.26. The van der Waals surface area contributed by atoms with Crippen molar-refractivity contribution in [1.82, 2.24) is 10.2 Å². The van der Waals surface area contributed by atoms with Gasteiger partial charge in [0, 0.05) is 25.2 Å². The van der Waals surface area contributed by atoms with Crippen LogP contribution in [0.2, 0.25) is 0 Å². The van der Waals surface area contributed by atoms with Gasteiger partial charge in [-0.2, -0.15) is 0 Å². The molecule has 3 amide bonds. The summed E-state index contributed by atoms with van der Waals surface area (Å²) in [5.41, 5.74) is 0.576. The molecule has 1 aromatic rings. The molecule has 9 nitrogen and oxygen atoms in total. The normalized spacial score (nSPS) is 21.4. The summed E-state index contributed by atoms with van der Waals surface area (Å²) in [6.07, 6.45) is 0.412. The van der Waals surface area contributed by atoms with Crippen molar-refractivity contribution >= 4 is 27.5 Å². The van der Waals surface area contributed by atoms with E-state index in [1.807, 2.05) is 0 Å². The summed E-state index contributed by atoms with van der Waals surface area (Å²) in [7, 11) is -0.00800. The van der Waals surface area contributed by atoms with E-state index in [0.717, 1.165) is 0 Å². The predicted molar refractivity (Wildman–Crippen MR) is 99.1 cm³/mol. The predicted octanol–water partition coefficient (Wildman–Crippen LogP) is 0.249. The molecule has 148 valence electrons. The van der Waals surface area contributed by atoms with Gasteiger partial charge in [0.05, 0.1) is 31.4 Å². The van der Waals surface area contributed by atoms with E-state index in [9.17, 15) is 18.0 Å². The monoisotopic (exact) mass is 397 g/mol. The van der Waals surface area contributed by atoms with Gasteiger partial charge in [0.2, 0.25) is 5.91 Å². The van der Waals surface area contributed by atoms with E-state index in [2.05, 4.69) is 5.32 Å². The summed E-state index contributed by atoms with van der Waals surface area (Å²) in [6, 6.07) is 4.48. The van der Waals surface area contributed by atoms with Crippen molar-refractivity contribution in [3.8, 4) is 11.5 Å². The number of carbonyl (C=O) groups excluding carboxylic acids is 2. The van der Waals surface area contributed by atoms with E-state index in [-0.39, 0.29) is 36.0 Å². The highest BCUT2D eigenvalue weighted by molar-refractivity contribution is 7.91. The Bertz CT molecular complexity index is 841. The summed E-state index contributed by atoms with van der Waals surface area (Å²) >= 11 is 0. The lowest BCUT2D eigenvalue weighted by molar-refractivity contribution is -0.122. The van der Waals surface area contributed by atoms with Crippen LogP contribution in [0.3, 0.4) is 0 Å². The molecule has 10 heteroatoms. The third-order valence-electron chi connectivity index (χ3n) is 4.70. The number of amides is 3. The fourth-order valence-corrected chi connectivity index (χ4v) is 4.99. The second kappa shape index (κ2) is 7.63. The highest BCUT2D eigenvalue weighted by Crippen LogP contribution is 2.34. The molecule has 0 aliphatic carbocycles. The van der Waals surface area contributed by atoms with Crippen LogP contribution >= 0.6 is 0 Å². The lowest BCUT2D eigenvalue weighted by atomic mass is 10.2. The number of hydrogen-bond donors (Lipinski definition) is 1.